The van der Waals surface area contributed by atoms with Gasteiger partial charge in [0.2, 0.25) is 0 Å². The average molecular weight is 166 g/mol. The quantitative estimate of drug-likeness (QED) is 0.617. The fraction of sp³-hybridized carbons (Fsp3) is 0. The van der Waals surface area contributed by atoms with Crippen molar-refractivity contribution in [1.29, 1.82) is 0 Å². The fourth-order valence-corrected chi connectivity index (χ4v) is 0.641. The average Bonchev–Trinajstić information content (AvgIpc) is 2.04. The lowest BCUT2D eigenvalue weighted by molar-refractivity contribution is -0.255. The first-order valence-corrected chi connectivity index (χ1v) is 3.02. The van der Waals surface area contributed by atoms with Crippen LogP contribution in [0.1, 0.15) is 20.8 Å². The molecule has 0 fully saturated rings. The van der Waals surface area contributed by atoms with E-state index in [9.17, 15) is 14.7 Å². The molecular weight excluding hydrogens is 162 g/mol. The van der Waals surface area contributed by atoms with E-state index in [1.54, 1.807) is 0 Å². The molecule has 12 heavy (non-hydrogen) atoms. The number of nitrogens with zero attached hydrogens (tertiary/aromatic N) is 1. The molecule has 0 aromatic carbocycles. The van der Waals surface area contributed by atoms with Gasteiger partial charge in [-0.25, -0.2) is 9.78 Å². The molecule has 1 aromatic rings. The maximum Gasteiger partial charge on any atom is 0.354 e. The van der Waals surface area contributed by atoms with E-state index in [0.29, 0.717) is 0 Å². The summed E-state index contributed by atoms with van der Waals surface area (Å²) < 4.78 is 0. The van der Waals surface area contributed by atoms with E-state index in [4.69, 9.17) is 5.11 Å². The molecule has 1 heterocycles. The van der Waals surface area contributed by atoms with E-state index in [0.717, 1.165) is 18.3 Å². The van der Waals surface area contributed by atoms with Crippen molar-refractivity contribution in [3.8, 4) is 0 Å². The van der Waals surface area contributed by atoms with Gasteiger partial charge in [0, 0.05) is 11.8 Å². The van der Waals surface area contributed by atoms with Crippen LogP contribution in [0, 0.1) is 0 Å². The number of aromatic nitrogens is 1. The summed E-state index contributed by atoms with van der Waals surface area (Å²) in [4.78, 5) is 23.8. The zero-order valence-corrected chi connectivity index (χ0v) is 5.85. The van der Waals surface area contributed by atoms with E-state index in [1.807, 2.05) is 0 Å². The van der Waals surface area contributed by atoms with Crippen molar-refractivity contribution in [3.63, 3.8) is 0 Å². The largest absolute Gasteiger partial charge is 0.545 e. The SMILES string of the molecule is O=C([O-])c1ccc(C(=O)O)nc1. The van der Waals surface area contributed by atoms with Crippen LogP contribution < -0.4 is 5.11 Å². The lowest BCUT2D eigenvalue weighted by Crippen LogP contribution is -2.22. The molecular formula is C7H4NO4-. The van der Waals surface area contributed by atoms with Crippen molar-refractivity contribution in [2.75, 3.05) is 0 Å². The van der Waals surface area contributed by atoms with Gasteiger partial charge in [-0.15, -0.1) is 0 Å². The Morgan fingerprint density at radius 1 is 1.42 bits per heavy atom. The van der Waals surface area contributed by atoms with Crippen LogP contribution in [0.2, 0.25) is 0 Å². The van der Waals surface area contributed by atoms with Crippen molar-refractivity contribution in [3.05, 3.63) is 29.6 Å². The van der Waals surface area contributed by atoms with Crippen molar-refractivity contribution in [2.24, 2.45) is 0 Å². The van der Waals surface area contributed by atoms with Gasteiger partial charge < -0.3 is 15.0 Å². The van der Waals surface area contributed by atoms with E-state index in [-0.39, 0.29) is 11.3 Å². The van der Waals surface area contributed by atoms with Crippen molar-refractivity contribution in [1.82, 2.24) is 4.98 Å². The highest BCUT2D eigenvalue weighted by Gasteiger charge is 2.02. The van der Waals surface area contributed by atoms with E-state index < -0.39 is 11.9 Å². The molecule has 0 bridgehead atoms. The minimum absolute atomic E-state index is 0.139. The molecule has 1 N–H and O–H groups in total. The zero-order chi connectivity index (χ0) is 9.14. The summed E-state index contributed by atoms with van der Waals surface area (Å²) in [6, 6.07) is 2.24. The Bertz CT molecular complexity index is 284. The van der Waals surface area contributed by atoms with Crippen LogP contribution in [0.5, 0.6) is 0 Å². The lowest BCUT2D eigenvalue weighted by atomic mass is 10.2. The van der Waals surface area contributed by atoms with E-state index >= 15 is 0 Å². The first-order chi connectivity index (χ1) is 5.61. The number of carbonyl (C=O) groups excluding carboxylic acids is 1. The number of carboxylic acid groups (broad SMARTS) is 2. The molecule has 0 aliphatic carbocycles. The van der Waals surface area contributed by atoms with Crippen molar-refractivity contribution in [2.45, 2.75) is 0 Å². The summed E-state index contributed by atoms with van der Waals surface area (Å²) in [6.45, 7) is 0. The molecule has 0 atom stereocenters. The standard InChI is InChI=1S/C7H5NO4/c9-6(10)4-1-2-5(7(11)12)8-3-4/h1-3H,(H,9,10)(H,11,12)/p-1. The highest BCUT2D eigenvalue weighted by molar-refractivity contribution is 5.88. The maximum atomic E-state index is 10.3. The number of hydrogen-bond acceptors (Lipinski definition) is 4. The number of hydrogen-bond donors (Lipinski definition) is 1. The summed E-state index contributed by atoms with van der Waals surface area (Å²) in [5, 5.41) is 18.6. The third-order valence-electron chi connectivity index (χ3n) is 1.22. The van der Waals surface area contributed by atoms with Gasteiger partial charge in [-0.05, 0) is 12.1 Å². The Hall–Kier alpha value is -1.91. The molecule has 0 radical (unpaired) electrons. The predicted octanol–water partition coefficient (Wildman–Crippen LogP) is -0.857. The summed E-state index contributed by atoms with van der Waals surface area (Å²) in [7, 11) is 0. The van der Waals surface area contributed by atoms with E-state index in [1.165, 1.54) is 0 Å². The van der Waals surface area contributed by atoms with Crippen LogP contribution in [-0.4, -0.2) is 22.0 Å². The second-order valence-corrected chi connectivity index (χ2v) is 2.02. The fourth-order valence-electron chi connectivity index (χ4n) is 0.641. The molecule has 0 aliphatic rings. The Balaban J connectivity index is 3.01. The molecule has 0 saturated heterocycles. The highest BCUT2D eigenvalue weighted by atomic mass is 16.4. The molecule has 62 valence electrons. The van der Waals surface area contributed by atoms with Crippen LogP contribution in [0.15, 0.2) is 18.3 Å². The molecule has 1 rings (SSSR count). The molecule has 5 heteroatoms. The third kappa shape index (κ3) is 1.57. The van der Waals surface area contributed by atoms with Gasteiger partial charge in [0.25, 0.3) is 0 Å². The number of carbonyl (C=O) groups is 2. The monoisotopic (exact) mass is 166 g/mol. The molecule has 1 aromatic heterocycles. The van der Waals surface area contributed by atoms with Crippen LogP contribution in [0.25, 0.3) is 0 Å². The topological polar surface area (TPSA) is 90.3 Å². The van der Waals surface area contributed by atoms with Crippen LogP contribution >= 0.6 is 0 Å². The minimum atomic E-state index is -1.38. The second kappa shape index (κ2) is 3.00. The predicted molar refractivity (Wildman–Crippen MR) is 35.5 cm³/mol. The Morgan fingerprint density at radius 2 is 2.08 bits per heavy atom. The lowest BCUT2D eigenvalue weighted by Gasteiger charge is -2.00. The number of pyridine rings is 1. The van der Waals surface area contributed by atoms with Gasteiger partial charge >= 0.3 is 5.97 Å². The summed E-state index contributed by atoms with van der Waals surface area (Å²) in [5.41, 5.74) is -0.333. The van der Waals surface area contributed by atoms with Crippen molar-refractivity contribution >= 4 is 11.9 Å². The summed E-state index contributed by atoms with van der Waals surface area (Å²) in [6.07, 6.45) is 0.943. The first kappa shape index (κ1) is 8.19. The van der Waals surface area contributed by atoms with Gasteiger partial charge in [0.05, 0.1) is 5.97 Å². The van der Waals surface area contributed by atoms with Crippen molar-refractivity contribution < 1.29 is 19.8 Å². The minimum Gasteiger partial charge on any atom is -0.545 e. The summed E-state index contributed by atoms with van der Waals surface area (Å²) in [5.74, 6) is -2.57. The number of carboxylic acids is 2. The number of rotatable bonds is 2. The smallest absolute Gasteiger partial charge is 0.354 e. The maximum absolute atomic E-state index is 10.3. The van der Waals surface area contributed by atoms with Gasteiger partial charge in [0.1, 0.15) is 5.69 Å². The van der Waals surface area contributed by atoms with E-state index in [2.05, 4.69) is 4.98 Å². The van der Waals surface area contributed by atoms with Gasteiger partial charge in [0.15, 0.2) is 0 Å². The van der Waals surface area contributed by atoms with Gasteiger partial charge in [-0.3, -0.25) is 0 Å². The molecule has 0 spiro atoms. The Morgan fingerprint density at radius 3 is 2.42 bits per heavy atom. The second-order valence-electron chi connectivity index (χ2n) is 2.02. The third-order valence-corrected chi connectivity index (χ3v) is 1.22. The Kier molecular flexibility index (Phi) is 2.05. The molecule has 0 aliphatic heterocycles. The molecule has 0 amide bonds. The normalized spacial score (nSPS) is 9.33. The zero-order valence-electron chi connectivity index (χ0n) is 5.85. The van der Waals surface area contributed by atoms with Gasteiger partial charge in [-0.1, -0.05) is 0 Å². The van der Waals surface area contributed by atoms with Crippen LogP contribution in [0.4, 0.5) is 0 Å². The first-order valence-electron chi connectivity index (χ1n) is 3.02. The number of aromatic carboxylic acids is 2. The van der Waals surface area contributed by atoms with Crippen LogP contribution in [0.3, 0.4) is 0 Å². The van der Waals surface area contributed by atoms with Crippen LogP contribution in [-0.2, 0) is 0 Å². The molecule has 0 saturated carbocycles. The molecule has 5 nitrogen and oxygen atoms in total. The Labute approximate surface area is 67.3 Å². The summed E-state index contributed by atoms with van der Waals surface area (Å²) >= 11 is 0. The van der Waals surface area contributed by atoms with Gasteiger partial charge in [-0.2, -0.15) is 0 Å². The molecule has 0 unspecified atom stereocenters. The highest BCUT2D eigenvalue weighted by Crippen LogP contribution is 1.98.